The summed E-state index contributed by atoms with van der Waals surface area (Å²) in [4.78, 5) is 0. The summed E-state index contributed by atoms with van der Waals surface area (Å²) in [5.74, 6) is 0. The van der Waals surface area contributed by atoms with Crippen molar-refractivity contribution < 1.29 is 5.21 Å². The van der Waals surface area contributed by atoms with Gasteiger partial charge < -0.3 is 5.21 Å². The zero-order chi connectivity index (χ0) is 8.55. The molecule has 1 aliphatic rings. The van der Waals surface area contributed by atoms with E-state index < -0.39 is 0 Å². The average Bonchev–Trinajstić information content (AvgIpc) is 2.03. The maximum atomic E-state index is 9.28. The summed E-state index contributed by atoms with van der Waals surface area (Å²) < 4.78 is 0. The van der Waals surface area contributed by atoms with Crippen molar-refractivity contribution in [3.63, 3.8) is 0 Å². The summed E-state index contributed by atoms with van der Waals surface area (Å²) in [5, 5.41) is 10.7. The monoisotopic (exact) mass is 163 g/mol. The number of aryl methyl sites for hydroxylation is 1. The minimum atomic E-state index is 0.678. The Labute approximate surface area is 72.4 Å². The fourth-order valence-electron chi connectivity index (χ4n) is 1.67. The van der Waals surface area contributed by atoms with E-state index in [-0.39, 0.29) is 0 Å². The summed E-state index contributed by atoms with van der Waals surface area (Å²) in [5.41, 5.74) is 3.92. The molecule has 0 saturated carbocycles. The van der Waals surface area contributed by atoms with Crippen molar-refractivity contribution in [2.75, 3.05) is 6.54 Å². The van der Waals surface area contributed by atoms with E-state index in [0.29, 0.717) is 6.54 Å². The van der Waals surface area contributed by atoms with Crippen LogP contribution >= 0.6 is 0 Å². The molecule has 2 nitrogen and oxygen atoms in total. The van der Waals surface area contributed by atoms with Gasteiger partial charge in [0.1, 0.15) is 0 Å². The Morgan fingerprint density at radius 1 is 1.33 bits per heavy atom. The second-order valence-corrected chi connectivity index (χ2v) is 3.41. The Hall–Kier alpha value is -0.860. The van der Waals surface area contributed by atoms with Crippen LogP contribution < -0.4 is 0 Å². The first-order valence-electron chi connectivity index (χ1n) is 4.28. The number of fused-ring (bicyclic) bond motifs is 1. The van der Waals surface area contributed by atoms with Crippen LogP contribution in [-0.2, 0) is 13.0 Å². The highest BCUT2D eigenvalue weighted by Gasteiger charge is 2.13. The van der Waals surface area contributed by atoms with Gasteiger partial charge in [-0.3, -0.25) is 0 Å². The van der Waals surface area contributed by atoms with Crippen LogP contribution in [0, 0.1) is 6.92 Å². The summed E-state index contributed by atoms with van der Waals surface area (Å²) >= 11 is 0. The predicted octanol–water partition coefficient (Wildman–Crippen LogP) is 1.74. The van der Waals surface area contributed by atoms with Crippen molar-refractivity contribution in [1.82, 2.24) is 5.06 Å². The first-order chi connectivity index (χ1) is 5.75. The maximum Gasteiger partial charge on any atom is 0.0491 e. The molecule has 0 amide bonds. The molecule has 0 aliphatic carbocycles. The second kappa shape index (κ2) is 2.88. The van der Waals surface area contributed by atoms with Crippen molar-refractivity contribution in [1.29, 1.82) is 0 Å². The van der Waals surface area contributed by atoms with Gasteiger partial charge in [0, 0.05) is 13.1 Å². The fourth-order valence-corrected chi connectivity index (χ4v) is 1.67. The Bertz CT molecular complexity index is 296. The number of hydrogen-bond donors (Lipinski definition) is 1. The highest BCUT2D eigenvalue weighted by Crippen LogP contribution is 2.18. The molecule has 0 fully saturated rings. The quantitative estimate of drug-likeness (QED) is 0.629. The van der Waals surface area contributed by atoms with Crippen LogP contribution in [0.5, 0.6) is 0 Å². The average molecular weight is 163 g/mol. The maximum absolute atomic E-state index is 9.28. The van der Waals surface area contributed by atoms with E-state index in [1.807, 2.05) is 0 Å². The van der Waals surface area contributed by atoms with Crippen molar-refractivity contribution >= 4 is 0 Å². The third kappa shape index (κ3) is 1.36. The van der Waals surface area contributed by atoms with E-state index >= 15 is 0 Å². The Morgan fingerprint density at radius 2 is 2.17 bits per heavy atom. The lowest BCUT2D eigenvalue weighted by molar-refractivity contribution is -0.103. The van der Waals surface area contributed by atoms with Crippen LogP contribution in [0.25, 0.3) is 0 Å². The first-order valence-corrected chi connectivity index (χ1v) is 4.28. The van der Waals surface area contributed by atoms with Crippen LogP contribution in [0.15, 0.2) is 18.2 Å². The van der Waals surface area contributed by atoms with Gasteiger partial charge in [-0.25, -0.2) is 0 Å². The summed E-state index contributed by atoms with van der Waals surface area (Å²) in [6, 6.07) is 6.45. The van der Waals surface area contributed by atoms with Gasteiger partial charge in [0.25, 0.3) is 0 Å². The van der Waals surface area contributed by atoms with Crippen molar-refractivity contribution in [2.45, 2.75) is 19.9 Å². The summed E-state index contributed by atoms with van der Waals surface area (Å²) in [6.07, 6.45) is 0.964. The molecule has 0 unspecified atom stereocenters. The van der Waals surface area contributed by atoms with Crippen molar-refractivity contribution in [3.05, 3.63) is 34.9 Å². The van der Waals surface area contributed by atoms with Crippen LogP contribution in [-0.4, -0.2) is 16.8 Å². The van der Waals surface area contributed by atoms with E-state index in [4.69, 9.17) is 0 Å². The lowest BCUT2D eigenvalue weighted by Gasteiger charge is -2.23. The number of hydrogen-bond acceptors (Lipinski definition) is 2. The number of hydroxylamine groups is 2. The van der Waals surface area contributed by atoms with Gasteiger partial charge in [0.15, 0.2) is 0 Å². The largest absolute Gasteiger partial charge is 0.314 e. The smallest absolute Gasteiger partial charge is 0.0491 e. The normalized spacial score (nSPS) is 17.5. The molecule has 2 rings (SSSR count). The molecule has 0 saturated heterocycles. The Kier molecular flexibility index (Phi) is 1.87. The molecule has 0 atom stereocenters. The van der Waals surface area contributed by atoms with Gasteiger partial charge in [0.05, 0.1) is 0 Å². The standard InChI is InChI=1S/C10H13NO/c1-8-2-3-9-4-5-11(12)7-10(9)6-8/h2-3,6,12H,4-5,7H2,1H3. The molecule has 1 aromatic rings. The molecule has 1 N–H and O–H groups in total. The number of benzene rings is 1. The number of rotatable bonds is 0. The second-order valence-electron chi connectivity index (χ2n) is 3.41. The zero-order valence-electron chi connectivity index (χ0n) is 7.25. The molecule has 0 aromatic heterocycles. The van der Waals surface area contributed by atoms with Gasteiger partial charge in [-0.1, -0.05) is 23.8 Å². The first kappa shape index (κ1) is 7.77. The number of nitrogens with zero attached hydrogens (tertiary/aromatic N) is 1. The van der Waals surface area contributed by atoms with Gasteiger partial charge in [-0.2, -0.15) is 5.06 Å². The third-order valence-corrected chi connectivity index (χ3v) is 2.35. The van der Waals surface area contributed by atoms with Gasteiger partial charge in [-0.15, -0.1) is 0 Å². The molecule has 64 valence electrons. The predicted molar refractivity (Wildman–Crippen MR) is 47.1 cm³/mol. The molecule has 1 aromatic carbocycles. The molecule has 0 radical (unpaired) electrons. The van der Waals surface area contributed by atoms with Crippen LogP contribution in [0.4, 0.5) is 0 Å². The molecule has 0 spiro atoms. The van der Waals surface area contributed by atoms with Crippen molar-refractivity contribution in [3.8, 4) is 0 Å². The molecule has 1 heterocycles. The third-order valence-electron chi connectivity index (χ3n) is 2.35. The lowest BCUT2D eigenvalue weighted by atomic mass is 9.99. The van der Waals surface area contributed by atoms with Crippen molar-refractivity contribution in [2.24, 2.45) is 0 Å². The topological polar surface area (TPSA) is 23.5 Å². The summed E-state index contributed by atoms with van der Waals surface area (Å²) in [7, 11) is 0. The van der Waals surface area contributed by atoms with E-state index in [1.54, 1.807) is 0 Å². The minimum absolute atomic E-state index is 0.678. The molecule has 0 bridgehead atoms. The van der Waals surface area contributed by atoms with E-state index in [1.165, 1.54) is 21.8 Å². The van der Waals surface area contributed by atoms with Crippen LogP contribution in [0.1, 0.15) is 16.7 Å². The highest BCUT2D eigenvalue weighted by molar-refractivity contribution is 5.32. The molecule has 2 heteroatoms. The van der Waals surface area contributed by atoms with Gasteiger partial charge in [-0.05, 0) is 24.5 Å². The van der Waals surface area contributed by atoms with Gasteiger partial charge in [0.2, 0.25) is 0 Å². The Morgan fingerprint density at radius 3 is 3.00 bits per heavy atom. The van der Waals surface area contributed by atoms with Crippen LogP contribution in [0.3, 0.4) is 0 Å². The molecule has 1 aliphatic heterocycles. The van der Waals surface area contributed by atoms with E-state index in [2.05, 4.69) is 25.1 Å². The summed E-state index contributed by atoms with van der Waals surface area (Å²) in [6.45, 7) is 3.52. The highest BCUT2D eigenvalue weighted by atomic mass is 16.5. The fraction of sp³-hybridized carbons (Fsp3) is 0.400. The Balaban J connectivity index is 2.37. The zero-order valence-corrected chi connectivity index (χ0v) is 7.25. The van der Waals surface area contributed by atoms with E-state index in [0.717, 1.165) is 13.0 Å². The van der Waals surface area contributed by atoms with Gasteiger partial charge >= 0.3 is 0 Å². The van der Waals surface area contributed by atoms with E-state index in [9.17, 15) is 5.21 Å². The SMILES string of the molecule is Cc1ccc2c(c1)CN(O)CC2. The minimum Gasteiger partial charge on any atom is -0.314 e. The lowest BCUT2D eigenvalue weighted by Crippen LogP contribution is -2.27. The molecule has 12 heavy (non-hydrogen) atoms. The van der Waals surface area contributed by atoms with Crippen LogP contribution in [0.2, 0.25) is 0 Å². The molecular formula is C10H13NO. The molecular weight excluding hydrogens is 150 g/mol.